The fourth-order valence-electron chi connectivity index (χ4n) is 7.31. The molecule has 1 atom stereocenters. The van der Waals surface area contributed by atoms with Crippen molar-refractivity contribution in [3.63, 3.8) is 0 Å². The largest absolute Gasteiger partial charge is 0.494 e. The van der Waals surface area contributed by atoms with Crippen LogP contribution in [0.4, 0.5) is 0 Å². The highest BCUT2D eigenvalue weighted by Crippen LogP contribution is 2.38. The first kappa shape index (κ1) is 34.5. The molecule has 0 radical (unpaired) electrons. The van der Waals surface area contributed by atoms with Gasteiger partial charge in [-0.05, 0) is 95.8 Å². The van der Waals surface area contributed by atoms with Crippen LogP contribution in [0.5, 0.6) is 5.75 Å². The third kappa shape index (κ3) is 6.97. The molecule has 5 aliphatic rings. The summed E-state index contributed by atoms with van der Waals surface area (Å²) in [6.45, 7) is 2.83. The minimum Gasteiger partial charge on any atom is -0.494 e. The van der Waals surface area contributed by atoms with Crippen LogP contribution in [0, 0.1) is 0 Å². The number of hydrogen-bond acceptors (Lipinski definition) is 5. The first-order chi connectivity index (χ1) is 27.1. The zero-order chi connectivity index (χ0) is 37.1. The second-order valence-corrected chi connectivity index (χ2v) is 14.9. The normalized spacial score (nSPS) is 17.6. The maximum absolute atomic E-state index is 6.13. The second-order valence-electron chi connectivity index (χ2n) is 13.6. The highest BCUT2D eigenvalue weighted by molar-refractivity contribution is 9.09. The number of alkyl halides is 1. The third-order valence-electron chi connectivity index (χ3n) is 10.1. The van der Waals surface area contributed by atoms with E-state index < -0.39 is 0 Å². The van der Waals surface area contributed by atoms with E-state index in [1.807, 2.05) is 30.3 Å². The summed E-state index contributed by atoms with van der Waals surface area (Å²) in [6, 6.07) is 39.5. The number of allylic oxidation sites excluding steroid dienone is 12. The predicted octanol–water partition coefficient (Wildman–Crippen LogP) is 11.6. The standard InChI is InChI=1S/C49H37BrN4O/c1-2-36(50)30-31-55-37-20-18-35(19-21-37)49-44-28-26-42(53-44)47(33-14-8-4-9-15-33)40-24-22-38(51-40)46(32-12-6-3-7-13-32)39-23-25-41(52-39)48(34-16-10-5-11-17-34)43-27-29-45(49)54-43/h3-29,36H,2,30-31H2,1H3. The Morgan fingerprint density at radius 2 is 0.764 bits per heavy atom. The van der Waals surface area contributed by atoms with E-state index >= 15 is 0 Å². The molecular formula is C49H37BrN4O. The lowest BCUT2D eigenvalue weighted by molar-refractivity contribution is 0.309. The summed E-state index contributed by atoms with van der Waals surface area (Å²) in [7, 11) is 0. The van der Waals surface area contributed by atoms with Crippen molar-refractivity contribution < 1.29 is 4.74 Å². The maximum atomic E-state index is 6.13. The van der Waals surface area contributed by atoms with E-state index in [9.17, 15) is 0 Å². The van der Waals surface area contributed by atoms with Gasteiger partial charge in [0.15, 0.2) is 0 Å². The van der Waals surface area contributed by atoms with Crippen LogP contribution >= 0.6 is 15.9 Å². The van der Waals surface area contributed by atoms with Crippen molar-refractivity contribution in [2.24, 2.45) is 20.0 Å². The van der Waals surface area contributed by atoms with E-state index in [1.165, 1.54) is 0 Å². The number of ether oxygens (including phenoxy) is 1. The Morgan fingerprint density at radius 3 is 1.09 bits per heavy atom. The minimum absolute atomic E-state index is 0.445. The summed E-state index contributed by atoms with van der Waals surface area (Å²) in [5.41, 5.74) is 14.7. The van der Waals surface area contributed by atoms with E-state index in [4.69, 9.17) is 24.7 Å². The van der Waals surface area contributed by atoms with Gasteiger partial charge in [0.2, 0.25) is 0 Å². The molecule has 5 nitrogen and oxygen atoms in total. The van der Waals surface area contributed by atoms with Crippen LogP contribution in [0.25, 0.3) is 22.3 Å². The van der Waals surface area contributed by atoms with Crippen molar-refractivity contribution in [3.8, 4) is 5.75 Å². The highest BCUT2D eigenvalue weighted by atomic mass is 79.9. The number of halogens is 1. The molecule has 5 aliphatic heterocycles. The quantitative estimate of drug-likeness (QED) is 0.156. The van der Waals surface area contributed by atoms with E-state index in [0.29, 0.717) is 11.4 Å². The summed E-state index contributed by atoms with van der Waals surface area (Å²) < 4.78 is 6.13. The molecular weight excluding hydrogens is 740 g/mol. The maximum Gasteiger partial charge on any atom is 0.119 e. The fourth-order valence-corrected chi connectivity index (χ4v) is 7.50. The van der Waals surface area contributed by atoms with Gasteiger partial charge >= 0.3 is 0 Å². The van der Waals surface area contributed by atoms with Gasteiger partial charge < -0.3 is 4.74 Å². The molecule has 1 unspecified atom stereocenters. The average Bonchev–Trinajstić information content (AvgIpc) is 4.08. The van der Waals surface area contributed by atoms with Gasteiger partial charge in [-0.3, -0.25) is 0 Å². The number of rotatable bonds is 9. The van der Waals surface area contributed by atoms with Gasteiger partial charge in [-0.25, -0.2) is 20.0 Å². The first-order valence-electron chi connectivity index (χ1n) is 18.7. The van der Waals surface area contributed by atoms with Crippen molar-refractivity contribution in [1.29, 1.82) is 0 Å². The number of hydrogen-bond donors (Lipinski definition) is 0. The smallest absolute Gasteiger partial charge is 0.119 e. The number of nitrogens with zero attached hydrogens (tertiary/aromatic N) is 4. The van der Waals surface area contributed by atoms with Gasteiger partial charge in [-0.2, -0.15) is 0 Å². The van der Waals surface area contributed by atoms with Crippen molar-refractivity contribution >= 4 is 61.1 Å². The van der Waals surface area contributed by atoms with Crippen LogP contribution in [0.2, 0.25) is 0 Å². The summed E-state index contributed by atoms with van der Waals surface area (Å²) in [4.78, 5) is 21.9. The van der Waals surface area contributed by atoms with Gasteiger partial charge in [0.05, 0.1) is 52.2 Å². The SMILES string of the molecule is CCC(Br)CCOc1ccc(C2=C3C=CC(=N3)C(c3ccccc3)=C3C=CC(=N3)C(c3ccccc3)=C3C=CC(=N3)C(c3ccccc3)=C3C=CC2=N3)cc1. The van der Waals surface area contributed by atoms with Crippen LogP contribution in [-0.4, -0.2) is 34.3 Å². The number of benzene rings is 4. The Balaban J connectivity index is 1.27. The number of aliphatic imine (C=N–C) groups is 4. The molecule has 6 heteroatoms. The van der Waals surface area contributed by atoms with Gasteiger partial charge in [-0.15, -0.1) is 0 Å². The van der Waals surface area contributed by atoms with Gasteiger partial charge in [0, 0.05) is 27.1 Å². The van der Waals surface area contributed by atoms with Crippen molar-refractivity contribution in [2.75, 3.05) is 6.61 Å². The lowest BCUT2D eigenvalue weighted by atomic mass is 9.98. The van der Waals surface area contributed by atoms with Crippen LogP contribution in [-0.2, 0) is 0 Å². The van der Waals surface area contributed by atoms with Crippen molar-refractivity contribution in [3.05, 3.63) is 209 Å². The van der Waals surface area contributed by atoms with Gasteiger partial charge in [0.1, 0.15) is 5.75 Å². The highest BCUT2D eigenvalue weighted by Gasteiger charge is 2.27. The first-order valence-corrected chi connectivity index (χ1v) is 19.6. The molecule has 0 aliphatic carbocycles. The summed E-state index contributed by atoms with van der Waals surface area (Å²) in [5, 5.41) is 0. The molecule has 0 aromatic heterocycles. The molecule has 4 aromatic rings. The molecule has 0 N–H and O–H groups in total. The van der Waals surface area contributed by atoms with Gasteiger partial charge in [-0.1, -0.05) is 126 Å². The van der Waals surface area contributed by atoms with Crippen molar-refractivity contribution in [1.82, 2.24) is 0 Å². The minimum atomic E-state index is 0.445. The average molecular weight is 778 g/mol. The lowest BCUT2D eigenvalue weighted by Crippen LogP contribution is -2.05. The monoisotopic (exact) mass is 776 g/mol. The molecule has 0 saturated carbocycles. The third-order valence-corrected chi connectivity index (χ3v) is 11.2. The zero-order valence-electron chi connectivity index (χ0n) is 30.4. The predicted molar refractivity (Wildman–Crippen MR) is 233 cm³/mol. The molecule has 266 valence electrons. The summed E-state index contributed by atoms with van der Waals surface area (Å²) in [5.74, 6) is 0.836. The zero-order valence-corrected chi connectivity index (χ0v) is 31.9. The Bertz CT molecular complexity index is 2520. The van der Waals surface area contributed by atoms with Crippen LogP contribution in [0.3, 0.4) is 0 Å². The Hall–Kier alpha value is -6.24. The van der Waals surface area contributed by atoms with E-state index in [0.717, 1.165) is 109 Å². The molecule has 0 spiro atoms. The van der Waals surface area contributed by atoms with Crippen LogP contribution in [0.1, 0.15) is 42.0 Å². The van der Waals surface area contributed by atoms with E-state index in [-0.39, 0.29) is 0 Å². The molecule has 55 heavy (non-hydrogen) atoms. The molecule has 8 bridgehead atoms. The lowest BCUT2D eigenvalue weighted by Gasteiger charge is -2.13. The van der Waals surface area contributed by atoms with Crippen LogP contribution in [0.15, 0.2) is 207 Å². The second kappa shape index (κ2) is 15.2. The van der Waals surface area contributed by atoms with E-state index in [2.05, 4.69) is 156 Å². The molecule has 0 saturated heterocycles. The Kier molecular flexibility index (Phi) is 9.57. The fraction of sp³-hybridized carbons (Fsp3) is 0.102. The number of fused-ring (bicyclic) bond motifs is 4. The Labute approximate surface area is 330 Å². The molecule has 9 rings (SSSR count). The molecule has 4 aromatic carbocycles. The molecule has 0 fully saturated rings. The summed E-state index contributed by atoms with van der Waals surface area (Å²) >= 11 is 3.72. The Morgan fingerprint density at radius 1 is 0.436 bits per heavy atom. The van der Waals surface area contributed by atoms with Crippen molar-refractivity contribution in [2.45, 2.75) is 24.6 Å². The topological polar surface area (TPSA) is 58.7 Å². The van der Waals surface area contributed by atoms with Crippen LogP contribution < -0.4 is 4.74 Å². The molecule has 5 heterocycles. The van der Waals surface area contributed by atoms with Gasteiger partial charge in [0.25, 0.3) is 0 Å². The summed E-state index contributed by atoms with van der Waals surface area (Å²) in [6.07, 6.45) is 18.8. The van der Waals surface area contributed by atoms with E-state index in [1.54, 1.807) is 0 Å². The molecule has 0 amide bonds.